The van der Waals surface area contributed by atoms with Gasteiger partial charge in [0.15, 0.2) is 5.13 Å². The Kier molecular flexibility index (Phi) is 7.34. The fourth-order valence-corrected chi connectivity index (χ4v) is 5.53. The Hall–Kier alpha value is -4.24. The third-order valence-corrected chi connectivity index (χ3v) is 7.35. The number of Topliss-reactive ketones (excluding diaryl/α,β-unsaturated/α-hetero) is 1. The first kappa shape index (κ1) is 26.4. The lowest BCUT2D eigenvalue weighted by Crippen LogP contribution is -2.29. The molecule has 2 aromatic heterocycles. The van der Waals surface area contributed by atoms with Gasteiger partial charge in [0, 0.05) is 18.0 Å². The van der Waals surface area contributed by atoms with Gasteiger partial charge in [0.2, 0.25) is 0 Å². The van der Waals surface area contributed by atoms with Crippen molar-refractivity contribution in [2.24, 2.45) is 5.92 Å². The molecule has 1 atom stereocenters. The highest BCUT2D eigenvalue weighted by Gasteiger charge is 2.48. The van der Waals surface area contributed by atoms with Gasteiger partial charge >= 0.3 is 5.91 Å². The number of nitrogens with zero attached hydrogens (tertiary/aromatic N) is 3. The van der Waals surface area contributed by atoms with Crippen LogP contribution in [0.15, 0.2) is 66.5 Å². The number of fused-ring (bicyclic) bond motifs is 1. The van der Waals surface area contributed by atoms with Crippen LogP contribution in [0.2, 0.25) is 0 Å². The molecule has 8 nitrogen and oxygen atoms in total. The quantitative estimate of drug-likeness (QED) is 0.164. The Morgan fingerprint density at radius 1 is 1.13 bits per heavy atom. The minimum Gasteiger partial charge on any atom is -0.507 e. The number of amides is 1. The number of aromatic nitrogens is 2. The van der Waals surface area contributed by atoms with Gasteiger partial charge < -0.3 is 14.6 Å². The molecule has 1 saturated heterocycles. The van der Waals surface area contributed by atoms with Crippen LogP contribution < -0.4 is 14.4 Å². The van der Waals surface area contributed by atoms with Gasteiger partial charge in [-0.2, -0.15) is 0 Å². The summed E-state index contributed by atoms with van der Waals surface area (Å²) in [7, 11) is 0. The van der Waals surface area contributed by atoms with Crippen LogP contribution in [0.4, 0.5) is 5.13 Å². The van der Waals surface area contributed by atoms with Crippen LogP contribution in [0.5, 0.6) is 11.5 Å². The van der Waals surface area contributed by atoms with E-state index in [0.717, 1.165) is 10.3 Å². The molecule has 39 heavy (non-hydrogen) atoms. The molecule has 1 fully saturated rings. The summed E-state index contributed by atoms with van der Waals surface area (Å²) in [6, 6.07) is 13.3. The predicted octanol–water partition coefficient (Wildman–Crippen LogP) is 6.06. The van der Waals surface area contributed by atoms with E-state index in [1.807, 2.05) is 32.0 Å². The smallest absolute Gasteiger partial charge is 0.301 e. The molecule has 0 spiro atoms. The highest BCUT2D eigenvalue weighted by atomic mass is 32.1. The fraction of sp³-hybridized carbons (Fsp3) is 0.267. The molecular formula is C30H29N3O5S. The third kappa shape index (κ3) is 5.09. The average molecular weight is 544 g/mol. The van der Waals surface area contributed by atoms with Crippen LogP contribution in [0.3, 0.4) is 0 Å². The molecule has 4 aromatic rings. The van der Waals surface area contributed by atoms with E-state index in [2.05, 4.69) is 23.8 Å². The summed E-state index contributed by atoms with van der Waals surface area (Å²) in [5.41, 5.74) is 2.47. The Bertz CT molecular complexity index is 1580. The van der Waals surface area contributed by atoms with Gasteiger partial charge in [-0.15, -0.1) is 0 Å². The summed E-state index contributed by atoms with van der Waals surface area (Å²) < 4.78 is 12.3. The maximum Gasteiger partial charge on any atom is 0.301 e. The van der Waals surface area contributed by atoms with Crippen molar-refractivity contribution in [3.05, 3.63) is 83.2 Å². The van der Waals surface area contributed by atoms with Crippen molar-refractivity contribution < 1.29 is 24.2 Å². The first-order chi connectivity index (χ1) is 18.8. The molecule has 1 N–H and O–H groups in total. The number of hydrogen-bond donors (Lipinski definition) is 1. The summed E-state index contributed by atoms with van der Waals surface area (Å²) in [4.78, 5) is 37.2. The van der Waals surface area contributed by atoms with E-state index < -0.39 is 17.7 Å². The number of thiazole rings is 1. The van der Waals surface area contributed by atoms with Gasteiger partial charge in [0.25, 0.3) is 5.78 Å². The van der Waals surface area contributed by atoms with Crippen molar-refractivity contribution in [1.29, 1.82) is 0 Å². The predicted molar refractivity (Wildman–Crippen MR) is 151 cm³/mol. The van der Waals surface area contributed by atoms with Crippen molar-refractivity contribution in [3.63, 3.8) is 0 Å². The Balaban J connectivity index is 1.61. The standard InChI is InChI=1S/C30H29N3O5S/c1-5-37-21-9-10-22-24(14-21)39-30(32-22)33-26(20-7-6-12-31-15-20)25(28(35)29(33)36)27(34)19-8-11-23(18(4)13-19)38-16-17(2)3/h6-15,17,26,34H,5,16H2,1-4H3/b27-25+. The van der Waals surface area contributed by atoms with Crippen LogP contribution in [0, 0.1) is 12.8 Å². The molecule has 1 unspecified atom stereocenters. The lowest BCUT2D eigenvalue weighted by molar-refractivity contribution is -0.132. The van der Waals surface area contributed by atoms with Crippen LogP contribution in [-0.2, 0) is 9.59 Å². The topological polar surface area (TPSA) is 102 Å². The van der Waals surface area contributed by atoms with Crippen LogP contribution in [0.1, 0.15) is 43.5 Å². The Morgan fingerprint density at radius 2 is 1.95 bits per heavy atom. The highest BCUT2D eigenvalue weighted by Crippen LogP contribution is 2.44. The first-order valence-corrected chi connectivity index (χ1v) is 13.6. The van der Waals surface area contributed by atoms with Crippen LogP contribution >= 0.6 is 11.3 Å². The zero-order valence-corrected chi connectivity index (χ0v) is 23.0. The number of aryl methyl sites for hydroxylation is 1. The van der Waals surface area contributed by atoms with Crippen LogP contribution in [0.25, 0.3) is 16.0 Å². The number of benzene rings is 2. The molecule has 0 saturated carbocycles. The molecule has 9 heteroatoms. The molecule has 5 rings (SSSR count). The lowest BCUT2D eigenvalue weighted by atomic mass is 9.96. The van der Waals surface area contributed by atoms with Gasteiger partial charge in [-0.3, -0.25) is 19.5 Å². The molecule has 1 amide bonds. The number of hydrogen-bond acceptors (Lipinski definition) is 8. The lowest BCUT2D eigenvalue weighted by Gasteiger charge is -2.22. The minimum atomic E-state index is -0.900. The number of ether oxygens (including phenoxy) is 2. The maximum atomic E-state index is 13.5. The second kappa shape index (κ2) is 10.9. The number of carbonyl (C=O) groups is 2. The van der Waals surface area contributed by atoms with Gasteiger partial charge in [-0.1, -0.05) is 31.3 Å². The van der Waals surface area contributed by atoms with Crippen molar-refractivity contribution >= 4 is 44.1 Å². The monoisotopic (exact) mass is 543 g/mol. The molecule has 0 bridgehead atoms. The van der Waals surface area contributed by atoms with E-state index in [1.54, 1.807) is 42.7 Å². The largest absolute Gasteiger partial charge is 0.507 e. The Morgan fingerprint density at radius 3 is 2.64 bits per heavy atom. The van der Waals surface area contributed by atoms with Gasteiger partial charge in [0.1, 0.15) is 17.3 Å². The van der Waals surface area contributed by atoms with E-state index in [1.165, 1.54) is 16.2 Å². The second-order valence-electron chi connectivity index (χ2n) is 9.70. The molecule has 2 aromatic carbocycles. The zero-order chi connectivity index (χ0) is 27.7. The summed E-state index contributed by atoms with van der Waals surface area (Å²) >= 11 is 1.28. The highest BCUT2D eigenvalue weighted by molar-refractivity contribution is 7.22. The van der Waals surface area contributed by atoms with Crippen LogP contribution in [-0.4, -0.2) is 40.0 Å². The molecule has 200 valence electrons. The number of ketones is 1. The Labute approximate surface area is 230 Å². The maximum absolute atomic E-state index is 13.5. The van der Waals surface area contributed by atoms with Gasteiger partial charge in [-0.05, 0) is 73.4 Å². The summed E-state index contributed by atoms with van der Waals surface area (Å²) in [6.45, 7) is 9.00. The number of aliphatic hydroxyl groups excluding tert-OH is 1. The van der Waals surface area contributed by atoms with Crippen molar-refractivity contribution in [2.45, 2.75) is 33.7 Å². The number of rotatable bonds is 8. The SMILES string of the molecule is CCOc1ccc2nc(N3C(=O)C(=O)/C(=C(/O)c4ccc(OCC(C)C)c(C)c4)C3c3cccnc3)sc2c1. The molecular weight excluding hydrogens is 514 g/mol. The van der Waals surface area contributed by atoms with Gasteiger partial charge in [0.05, 0.1) is 35.0 Å². The van der Waals surface area contributed by atoms with Crippen molar-refractivity contribution in [2.75, 3.05) is 18.1 Å². The molecule has 0 radical (unpaired) electrons. The molecule has 1 aliphatic rings. The van der Waals surface area contributed by atoms with E-state index in [9.17, 15) is 14.7 Å². The number of carbonyl (C=O) groups excluding carboxylic acids is 2. The summed E-state index contributed by atoms with van der Waals surface area (Å²) in [5.74, 6) is -0.0478. The minimum absolute atomic E-state index is 0.0162. The van der Waals surface area contributed by atoms with Crippen molar-refractivity contribution in [3.8, 4) is 11.5 Å². The fourth-order valence-electron chi connectivity index (χ4n) is 4.51. The normalized spacial score (nSPS) is 16.8. The summed E-state index contributed by atoms with van der Waals surface area (Å²) in [5, 5.41) is 11.8. The summed E-state index contributed by atoms with van der Waals surface area (Å²) in [6.07, 6.45) is 3.20. The van der Waals surface area contributed by atoms with Crippen molar-refractivity contribution in [1.82, 2.24) is 9.97 Å². The first-order valence-electron chi connectivity index (χ1n) is 12.8. The zero-order valence-electron chi connectivity index (χ0n) is 22.2. The number of pyridine rings is 1. The number of anilines is 1. The van der Waals surface area contributed by atoms with E-state index >= 15 is 0 Å². The molecule has 0 aliphatic carbocycles. The molecule has 1 aliphatic heterocycles. The van der Waals surface area contributed by atoms with Gasteiger partial charge in [-0.25, -0.2) is 4.98 Å². The van der Waals surface area contributed by atoms with E-state index in [-0.39, 0.29) is 11.3 Å². The number of aliphatic hydroxyl groups is 1. The van der Waals surface area contributed by atoms with E-state index in [0.29, 0.717) is 52.4 Å². The average Bonchev–Trinajstić information content (AvgIpc) is 3.45. The molecule has 3 heterocycles. The second-order valence-corrected chi connectivity index (χ2v) is 10.7. The van der Waals surface area contributed by atoms with E-state index in [4.69, 9.17) is 9.47 Å². The third-order valence-electron chi connectivity index (χ3n) is 6.33.